The van der Waals surface area contributed by atoms with Crippen molar-refractivity contribution in [1.29, 1.82) is 0 Å². The van der Waals surface area contributed by atoms with Crippen molar-refractivity contribution in [3.63, 3.8) is 0 Å². The van der Waals surface area contributed by atoms with Crippen molar-refractivity contribution in [3.05, 3.63) is 76.9 Å². The molecule has 0 atom stereocenters. The first-order chi connectivity index (χ1) is 17.6. The maximum atomic E-state index is 13.1. The fourth-order valence-corrected chi connectivity index (χ4v) is 7.17. The maximum absolute atomic E-state index is 13.1. The SMILES string of the molecule is O=S(=O)(c1ccc(-c2csc(=Nc3cccc4ccccc34)n2CCCCO)cc1)N1CCCCC1. The number of aromatic nitrogens is 1. The summed E-state index contributed by atoms with van der Waals surface area (Å²) in [5, 5.41) is 13.7. The van der Waals surface area contributed by atoms with E-state index in [1.165, 1.54) is 0 Å². The van der Waals surface area contributed by atoms with E-state index in [2.05, 4.69) is 28.1 Å². The quantitative estimate of drug-likeness (QED) is 0.309. The number of benzene rings is 3. The summed E-state index contributed by atoms with van der Waals surface area (Å²) in [6.45, 7) is 2.06. The number of sulfonamides is 1. The van der Waals surface area contributed by atoms with Crippen LogP contribution < -0.4 is 4.80 Å². The summed E-state index contributed by atoms with van der Waals surface area (Å²) in [5.41, 5.74) is 2.87. The molecule has 1 saturated heterocycles. The molecule has 1 aliphatic heterocycles. The summed E-state index contributed by atoms with van der Waals surface area (Å²) in [5.74, 6) is 0. The minimum Gasteiger partial charge on any atom is -0.396 e. The molecule has 1 fully saturated rings. The zero-order valence-electron chi connectivity index (χ0n) is 20.2. The molecule has 0 unspecified atom stereocenters. The van der Waals surface area contributed by atoms with Gasteiger partial charge in [0.05, 0.1) is 16.3 Å². The van der Waals surface area contributed by atoms with E-state index in [9.17, 15) is 13.5 Å². The van der Waals surface area contributed by atoms with Gasteiger partial charge in [-0.3, -0.25) is 0 Å². The van der Waals surface area contributed by atoms with Crippen molar-refractivity contribution in [3.8, 4) is 11.3 Å². The molecule has 0 saturated carbocycles. The highest BCUT2D eigenvalue weighted by Crippen LogP contribution is 2.28. The summed E-state index contributed by atoms with van der Waals surface area (Å²) in [6.07, 6.45) is 4.46. The van der Waals surface area contributed by atoms with Crippen LogP contribution in [-0.4, -0.2) is 42.1 Å². The lowest BCUT2D eigenvalue weighted by atomic mass is 10.1. The highest BCUT2D eigenvalue weighted by molar-refractivity contribution is 7.89. The van der Waals surface area contributed by atoms with Crippen LogP contribution in [0.25, 0.3) is 22.0 Å². The van der Waals surface area contributed by atoms with E-state index in [-0.39, 0.29) is 6.61 Å². The number of hydrogen-bond donors (Lipinski definition) is 1. The maximum Gasteiger partial charge on any atom is 0.243 e. The number of aliphatic hydroxyl groups is 1. The van der Waals surface area contributed by atoms with E-state index in [4.69, 9.17) is 4.99 Å². The van der Waals surface area contributed by atoms with Gasteiger partial charge < -0.3 is 9.67 Å². The molecule has 0 radical (unpaired) electrons. The molecule has 188 valence electrons. The summed E-state index contributed by atoms with van der Waals surface area (Å²) in [7, 11) is -3.46. The van der Waals surface area contributed by atoms with E-state index >= 15 is 0 Å². The van der Waals surface area contributed by atoms with Gasteiger partial charge in [-0.05, 0) is 54.8 Å². The molecular formula is C28H31N3O3S2. The molecular weight excluding hydrogens is 490 g/mol. The first kappa shape index (κ1) is 24.9. The molecule has 1 N–H and O–H groups in total. The van der Waals surface area contributed by atoms with Crippen LogP contribution >= 0.6 is 11.3 Å². The van der Waals surface area contributed by atoms with E-state index in [0.717, 1.165) is 64.7 Å². The number of thiazole rings is 1. The van der Waals surface area contributed by atoms with Gasteiger partial charge in [0.15, 0.2) is 4.80 Å². The molecule has 5 rings (SSSR count). The smallest absolute Gasteiger partial charge is 0.243 e. The Morgan fingerprint density at radius 2 is 1.64 bits per heavy atom. The van der Waals surface area contributed by atoms with Crippen molar-refractivity contribution in [2.75, 3.05) is 19.7 Å². The number of aliphatic hydroxyl groups excluding tert-OH is 1. The molecule has 0 amide bonds. The summed E-state index contributed by atoms with van der Waals surface area (Å²) < 4.78 is 29.9. The predicted octanol–water partition coefficient (Wildman–Crippen LogP) is 5.55. The Bertz CT molecular complexity index is 1490. The Morgan fingerprint density at radius 1 is 0.889 bits per heavy atom. The van der Waals surface area contributed by atoms with Gasteiger partial charge in [0.2, 0.25) is 10.0 Å². The van der Waals surface area contributed by atoms with Crippen LogP contribution in [0.15, 0.2) is 82.0 Å². The number of fused-ring (bicyclic) bond motifs is 1. The van der Waals surface area contributed by atoms with Gasteiger partial charge >= 0.3 is 0 Å². The molecule has 1 aromatic heterocycles. The lowest BCUT2D eigenvalue weighted by Crippen LogP contribution is -2.35. The van der Waals surface area contributed by atoms with Gasteiger partial charge in [-0.15, -0.1) is 11.3 Å². The second kappa shape index (κ2) is 11.1. The van der Waals surface area contributed by atoms with Crippen LogP contribution in [0.3, 0.4) is 0 Å². The van der Waals surface area contributed by atoms with Crippen LogP contribution in [0.5, 0.6) is 0 Å². The Morgan fingerprint density at radius 3 is 2.42 bits per heavy atom. The molecule has 0 spiro atoms. The highest BCUT2D eigenvalue weighted by atomic mass is 32.2. The summed E-state index contributed by atoms with van der Waals surface area (Å²) >= 11 is 1.57. The van der Waals surface area contributed by atoms with Gasteiger partial charge in [-0.2, -0.15) is 4.31 Å². The van der Waals surface area contributed by atoms with E-state index < -0.39 is 10.0 Å². The molecule has 3 aromatic carbocycles. The average Bonchev–Trinajstić information content (AvgIpc) is 3.32. The van der Waals surface area contributed by atoms with Gasteiger partial charge in [-0.25, -0.2) is 13.4 Å². The Balaban J connectivity index is 1.52. The van der Waals surface area contributed by atoms with E-state index in [1.54, 1.807) is 27.8 Å². The zero-order chi connectivity index (χ0) is 25.0. The molecule has 4 aromatic rings. The molecule has 8 heteroatoms. The van der Waals surface area contributed by atoms with E-state index in [1.807, 2.05) is 36.4 Å². The summed E-state index contributed by atoms with van der Waals surface area (Å²) in [4.78, 5) is 6.25. The van der Waals surface area contributed by atoms with Gasteiger partial charge in [0, 0.05) is 37.0 Å². The van der Waals surface area contributed by atoms with Crippen LogP contribution in [0.2, 0.25) is 0 Å². The molecule has 36 heavy (non-hydrogen) atoms. The van der Waals surface area contributed by atoms with Crippen LogP contribution in [-0.2, 0) is 16.6 Å². The topological polar surface area (TPSA) is 74.9 Å². The fraction of sp³-hybridized carbons (Fsp3) is 0.321. The third kappa shape index (κ3) is 5.18. The number of unbranched alkanes of at least 4 members (excludes halogenated alkanes) is 1. The molecule has 6 nitrogen and oxygen atoms in total. The third-order valence-corrected chi connectivity index (χ3v) is 9.45. The first-order valence-electron chi connectivity index (χ1n) is 12.5. The number of hydrogen-bond acceptors (Lipinski definition) is 5. The lowest BCUT2D eigenvalue weighted by Gasteiger charge is -2.25. The highest BCUT2D eigenvalue weighted by Gasteiger charge is 2.25. The Kier molecular flexibility index (Phi) is 7.67. The fourth-order valence-electron chi connectivity index (χ4n) is 4.71. The Labute approximate surface area is 216 Å². The minimum atomic E-state index is -3.46. The van der Waals surface area contributed by atoms with Crippen molar-refractivity contribution in [2.45, 2.75) is 43.5 Å². The molecule has 2 heterocycles. The third-order valence-electron chi connectivity index (χ3n) is 6.67. The molecule has 1 aliphatic rings. The number of rotatable bonds is 8. The van der Waals surface area contributed by atoms with Crippen molar-refractivity contribution >= 4 is 37.8 Å². The number of nitrogens with zero attached hydrogens (tertiary/aromatic N) is 3. The Hall–Kier alpha value is -2.78. The van der Waals surface area contributed by atoms with Crippen molar-refractivity contribution < 1.29 is 13.5 Å². The normalized spacial score (nSPS) is 15.5. The van der Waals surface area contributed by atoms with Crippen molar-refractivity contribution in [1.82, 2.24) is 8.87 Å². The number of piperidine rings is 1. The average molecular weight is 522 g/mol. The van der Waals surface area contributed by atoms with Gasteiger partial charge in [0.25, 0.3) is 0 Å². The zero-order valence-corrected chi connectivity index (χ0v) is 21.8. The van der Waals surface area contributed by atoms with Crippen LogP contribution in [0.4, 0.5) is 5.69 Å². The largest absolute Gasteiger partial charge is 0.396 e. The second-order valence-electron chi connectivity index (χ2n) is 9.09. The monoisotopic (exact) mass is 521 g/mol. The second-order valence-corrected chi connectivity index (χ2v) is 11.9. The minimum absolute atomic E-state index is 0.152. The summed E-state index contributed by atoms with van der Waals surface area (Å²) in [6, 6.07) is 21.6. The standard InChI is InChI=1S/C28H31N3O3S2/c32-20-7-6-19-31-27(21-35-28(31)29-26-12-8-10-22-9-2-3-11-25(22)26)23-13-15-24(16-14-23)36(33,34)30-17-4-1-5-18-30/h2-3,8-16,21,32H,1,4-7,17-20H2. The van der Waals surface area contributed by atoms with Crippen molar-refractivity contribution in [2.24, 2.45) is 4.99 Å². The predicted molar refractivity (Wildman–Crippen MR) is 146 cm³/mol. The molecule has 0 bridgehead atoms. The molecule has 0 aliphatic carbocycles. The lowest BCUT2D eigenvalue weighted by molar-refractivity contribution is 0.281. The first-order valence-corrected chi connectivity index (χ1v) is 14.8. The van der Waals surface area contributed by atoms with Crippen LogP contribution in [0.1, 0.15) is 32.1 Å². The van der Waals surface area contributed by atoms with E-state index in [0.29, 0.717) is 24.4 Å². The van der Waals surface area contributed by atoms with Gasteiger partial charge in [0.1, 0.15) is 0 Å². The van der Waals surface area contributed by atoms with Gasteiger partial charge in [-0.1, -0.05) is 55.0 Å². The van der Waals surface area contributed by atoms with Crippen LogP contribution in [0, 0.1) is 0 Å².